The summed E-state index contributed by atoms with van der Waals surface area (Å²) in [5.74, 6) is 1.87. The summed E-state index contributed by atoms with van der Waals surface area (Å²) in [6.45, 7) is 0.0625. The SMILES string of the molecule is COc1ccc(OC)c(CCN(C(=O)CCC2CCCC2)C2CC(C(=O)NCCO)=CC(Oc3c(I)cc(C=O)cc3OC)C2O)c1. The molecule has 0 heterocycles. The van der Waals surface area contributed by atoms with E-state index in [4.69, 9.17) is 18.9 Å². The summed E-state index contributed by atoms with van der Waals surface area (Å²) in [7, 11) is 4.62. The number of methoxy groups -OCH3 is 3. The molecule has 11 nitrogen and oxygen atoms in total. The van der Waals surface area contributed by atoms with Crippen LogP contribution in [0.1, 0.15) is 60.9 Å². The molecular formula is C35H45IN2O9. The van der Waals surface area contributed by atoms with E-state index in [0.717, 1.165) is 24.8 Å². The van der Waals surface area contributed by atoms with E-state index in [1.165, 1.54) is 26.0 Å². The maximum Gasteiger partial charge on any atom is 0.247 e. The first-order valence-corrected chi connectivity index (χ1v) is 17.1. The van der Waals surface area contributed by atoms with Crippen molar-refractivity contribution >= 4 is 40.7 Å². The minimum absolute atomic E-state index is 0.0491. The second-order valence-corrected chi connectivity index (χ2v) is 13.0. The van der Waals surface area contributed by atoms with Crippen molar-refractivity contribution in [2.45, 2.75) is 69.6 Å². The summed E-state index contributed by atoms with van der Waals surface area (Å²) in [6, 6.07) is 7.86. The van der Waals surface area contributed by atoms with Crippen molar-refractivity contribution in [2.24, 2.45) is 5.92 Å². The number of aliphatic hydroxyl groups excluding tert-OH is 2. The maximum atomic E-state index is 14.1. The van der Waals surface area contributed by atoms with Crippen LogP contribution in [0.3, 0.4) is 0 Å². The van der Waals surface area contributed by atoms with E-state index in [2.05, 4.69) is 5.32 Å². The van der Waals surface area contributed by atoms with E-state index in [1.54, 1.807) is 37.3 Å². The molecule has 2 aliphatic rings. The van der Waals surface area contributed by atoms with Crippen molar-refractivity contribution in [3.63, 3.8) is 0 Å². The van der Waals surface area contributed by atoms with Gasteiger partial charge < -0.3 is 39.4 Å². The molecule has 1 saturated carbocycles. The maximum absolute atomic E-state index is 14.1. The van der Waals surface area contributed by atoms with E-state index in [0.29, 0.717) is 62.8 Å². The lowest BCUT2D eigenvalue weighted by Crippen LogP contribution is -2.55. The summed E-state index contributed by atoms with van der Waals surface area (Å²) in [6.07, 6.45) is 6.16. The third-order valence-electron chi connectivity index (χ3n) is 8.93. The molecular weight excluding hydrogens is 719 g/mol. The Hall–Kier alpha value is -3.36. The van der Waals surface area contributed by atoms with Gasteiger partial charge in [0.05, 0.1) is 37.5 Å². The van der Waals surface area contributed by atoms with E-state index in [9.17, 15) is 24.6 Å². The minimum Gasteiger partial charge on any atom is -0.497 e. The smallest absolute Gasteiger partial charge is 0.247 e. The fourth-order valence-corrected chi connectivity index (χ4v) is 7.15. The van der Waals surface area contributed by atoms with Gasteiger partial charge in [-0.2, -0.15) is 0 Å². The van der Waals surface area contributed by atoms with Crippen LogP contribution in [0.2, 0.25) is 0 Å². The Morgan fingerprint density at radius 2 is 1.81 bits per heavy atom. The number of hydrogen-bond donors (Lipinski definition) is 3. The molecule has 2 aromatic carbocycles. The van der Waals surface area contributed by atoms with Gasteiger partial charge in [0.15, 0.2) is 11.5 Å². The van der Waals surface area contributed by atoms with Gasteiger partial charge in [0, 0.05) is 37.1 Å². The van der Waals surface area contributed by atoms with Gasteiger partial charge in [-0.1, -0.05) is 25.7 Å². The van der Waals surface area contributed by atoms with Gasteiger partial charge >= 0.3 is 0 Å². The number of aldehydes is 1. The standard InChI is InChI=1S/C35H45IN2O9/c1-44-26-9-10-29(45-2)24(18-26)12-14-38(32(41)11-8-22-6-4-5-7-22)28-19-25(35(43)37-13-15-39)20-30(33(28)42)47-34-27(36)16-23(21-40)17-31(34)46-3/h9-10,16-18,20-22,28,30,33,39,42H,4-8,11-15,19H2,1-3H3,(H,37,43). The number of benzene rings is 2. The molecule has 0 aliphatic heterocycles. The molecule has 4 rings (SSSR count). The Morgan fingerprint density at radius 3 is 2.47 bits per heavy atom. The van der Waals surface area contributed by atoms with Crippen LogP contribution in [-0.2, 0) is 16.0 Å². The zero-order valence-electron chi connectivity index (χ0n) is 27.2. The van der Waals surface area contributed by atoms with Crippen LogP contribution in [0.15, 0.2) is 42.0 Å². The molecule has 0 saturated heterocycles. The fourth-order valence-electron chi connectivity index (χ4n) is 6.40. The molecule has 1 fully saturated rings. The summed E-state index contributed by atoms with van der Waals surface area (Å²) < 4.78 is 23.5. The predicted octanol–water partition coefficient (Wildman–Crippen LogP) is 4.09. The van der Waals surface area contributed by atoms with Crippen molar-refractivity contribution < 1.29 is 43.5 Å². The number of amides is 2. The van der Waals surface area contributed by atoms with E-state index < -0.39 is 24.2 Å². The topological polar surface area (TPSA) is 144 Å². The van der Waals surface area contributed by atoms with Crippen molar-refractivity contribution in [3.8, 4) is 23.0 Å². The number of nitrogens with one attached hydrogen (secondary N) is 1. The summed E-state index contributed by atoms with van der Waals surface area (Å²) >= 11 is 2.03. The van der Waals surface area contributed by atoms with Crippen LogP contribution >= 0.6 is 22.6 Å². The normalized spacial score (nSPS) is 19.4. The van der Waals surface area contributed by atoms with Gasteiger partial charge in [-0.25, -0.2) is 0 Å². The summed E-state index contributed by atoms with van der Waals surface area (Å²) in [5.41, 5.74) is 1.56. The Bertz CT molecular complexity index is 1430. The number of nitrogens with zero attached hydrogens (tertiary/aromatic N) is 1. The molecule has 3 N–H and O–H groups in total. The zero-order valence-corrected chi connectivity index (χ0v) is 29.4. The Morgan fingerprint density at radius 1 is 1.06 bits per heavy atom. The molecule has 0 spiro atoms. The average Bonchev–Trinajstić information content (AvgIpc) is 3.62. The molecule has 3 atom stereocenters. The lowest BCUT2D eigenvalue weighted by molar-refractivity contribution is -0.138. The lowest BCUT2D eigenvalue weighted by Gasteiger charge is -2.41. The third-order valence-corrected chi connectivity index (χ3v) is 9.73. The third kappa shape index (κ3) is 9.38. The predicted molar refractivity (Wildman–Crippen MR) is 184 cm³/mol. The van der Waals surface area contributed by atoms with Crippen LogP contribution in [-0.4, -0.2) is 92.5 Å². The number of ether oxygens (including phenoxy) is 4. The molecule has 2 amide bonds. The number of aliphatic hydroxyl groups is 2. The van der Waals surface area contributed by atoms with Crippen molar-refractivity contribution in [3.05, 3.63) is 56.7 Å². The highest BCUT2D eigenvalue weighted by molar-refractivity contribution is 14.1. The van der Waals surface area contributed by atoms with E-state index in [1.807, 2.05) is 34.7 Å². The van der Waals surface area contributed by atoms with E-state index in [-0.39, 0.29) is 32.0 Å². The van der Waals surface area contributed by atoms with Crippen LogP contribution in [0, 0.1) is 9.49 Å². The molecule has 0 aromatic heterocycles. The van der Waals surface area contributed by atoms with Gasteiger partial charge in [0.25, 0.3) is 0 Å². The number of carbonyl (C=O) groups excluding carboxylic acids is 3. The van der Waals surface area contributed by atoms with Crippen LogP contribution in [0.25, 0.3) is 0 Å². The Balaban J connectivity index is 1.70. The van der Waals surface area contributed by atoms with Crippen LogP contribution < -0.4 is 24.3 Å². The number of hydrogen-bond acceptors (Lipinski definition) is 9. The molecule has 47 heavy (non-hydrogen) atoms. The highest BCUT2D eigenvalue weighted by Gasteiger charge is 2.41. The first-order valence-electron chi connectivity index (χ1n) is 16.0. The molecule has 12 heteroatoms. The highest BCUT2D eigenvalue weighted by atomic mass is 127. The van der Waals surface area contributed by atoms with Gasteiger partial charge in [-0.3, -0.25) is 14.4 Å². The average molecular weight is 765 g/mol. The minimum atomic E-state index is -1.21. The first-order chi connectivity index (χ1) is 22.7. The van der Waals surface area contributed by atoms with E-state index >= 15 is 0 Å². The fraction of sp³-hybridized carbons (Fsp3) is 0.514. The number of carbonyl (C=O) groups is 3. The lowest BCUT2D eigenvalue weighted by atomic mass is 9.87. The second-order valence-electron chi connectivity index (χ2n) is 11.9. The van der Waals surface area contributed by atoms with Gasteiger partial charge in [-0.05, 0) is 83.3 Å². The summed E-state index contributed by atoms with van der Waals surface area (Å²) in [5, 5.41) is 24.0. The van der Waals surface area contributed by atoms with Gasteiger partial charge in [-0.15, -0.1) is 0 Å². The first kappa shape index (κ1) is 36.5. The van der Waals surface area contributed by atoms with Gasteiger partial charge in [0.2, 0.25) is 11.8 Å². The van der Waals surface area contributed by atoms with Crippen molar-refractivity contribution in [2.75, 3.05) is 41.0 Å². The molecule has 0 radical (unpaired) electrons. The largest absolute Gasteiger partial charge is 0.497 e. The second kappa shape index (κ2) is 17.7. The summed E-state index contributed by atoms with van der Waals surface area (Å²) in [4.78, 5) is 40.5. The number of rotatable bonds is 16. The van der Waals surface area contributed by atoms with Crippen LogP contribution in [0.5, 0.6) is 23.0 Å². The Labute approximate surface area is 289 Å². The Kier molecular flexibility index (Phi) is 13.7. The zero-order chi connectivity index (χ0) is 33.9. The molecule has 3 unspecified atom stereocenters. The molecule has 0 bridgehead atoms. The molecule has 2 aromatic rings. The van der Waals surface area contributed by atoms with Crippen LogP contribution in [0.4, 0.5) is 0 Å². The molecule has 256 valence electrons. The highest BCUT2D eigenvalue weighted by Crippen LogP contribution is 2.37. The van der Waals surface area contributed by atoms with Gasteiger partial charge in [0.1, 0.15) is 30.0 Å². The van der Waals surface area contributed by atoms with Crippen molar-refractivity contribution in [1.82, 2.24) is 10.2 Å². The molecule has 2 aliphatic carbocycles. The quantitative estimate of drug-likeness (QED) is 0.170. The number of halogens is 1. The monoisotopic (exact) mass is 764 g/mol. The van der Waals surface area contributed by atoms with Crippen molar-refractivity contribution in [1.29, 1.82) is 0 Å².